The molecule has 0 spiro atoms. The Kier molecular flexibility index (Phi) is 10.6. The van der Waals surface area contributed by atoms with Crippen molar-refractivity contribution in [3.63, 3.8) is 0 Å². The summed E-state index contributed by atoms with van der Waals surface area (Å²) in [5.74, 6) is 0.404. The van der Waals surface area contributed by atoms with Crippen LogP contribution in [0, 0.1) is 0 Å². The maximum Gasteiger partial charge on any atom is 0.416 e. The molecule has 2 aromatic carbocycles. The smallest absolute Gasteiger partial charge is 0.357 e. The standard InChI is InChI=1S/C21H25F3N4O.HI/c1-3-25-19(29)17-7-5-6-16(12-17)14-28-20(26-4-2)27-13-15-8-10-18(11-9-15)21(22,23)24;/h5-12H,3-4,13-14H2,1-2H3,(H,25,29)(H2,26,27,28);1H. The highest BCUT2D eigenvalue weighted by molar-refractivity contribution is 14.0. The van der Waals surface area contributed by atoms with E-state index in [-0.39, 0.29) is 29.9 Å². The van der Waals surface area contributed by atoms with Crippen molar-refractivity contribution in [2.24, 2.45) is 4.99 Å². The van der Waals surface area contributed by atoms with E-state index in [0.717, 1.165) is 17.7 Å². The maximum absolute atomic E-state index is 12.6. The van der Waals surface area contributed by atoms with Crippen LogP contribution in [-0.2, 0) is 19.3 Å². The minimum absolute atomic E-state index is 0. The van der Waals surface area contributed by atoms with E-state index >= 15 is 0 Å². The van der Waals surface area contributed by atoms with Gasteiger partial charge in [0, 0.05) is 25.2 Å². The highest BCUT2D eigenvalue weighted by Gasteiger charge is 2.29. The minimum Gasteiger partial charge on any atom is -0.357 e. The first-order valence-corrected chi connectivity index (χ1v) is 9.39. The first-order chi connectivity index (χ1) is 13.8. The molecular weight excluding hydrogens is 508 g/mol. The van der Waals surface area contributed by atoms with E-state index in [0.29, 0.717) is 43.3 Å². The molecule has 0 unspecified atom stereocenters. The largest absolute Gasteiger partial charge is 0.416 e. The Morgan fingerprint density at radius 3 is 2.20 bits per heavy atom. The molecule has 0 aliphatic carbocycles. The molecule has 0 fully saturated rings. The second kappa shape index (κ2) is 12.4. The summed E-state index contributed by atoms with van der Waals surface area (Å²) in [5, 5.41) is 8.95. The molecule has 0 atom stereocenters. The molecule has 2 rings (SSSR count). The Bertz CT molecular complexity index is 839. The maximum atomic E-state index is 12.6. The Hall–Kier alpha value is -2.30. The molecule has 0 aliphatic rings. The number of nitrogens with one attached hydrogen (secondary N) is 3. The van der Waals surface area contributed by atoms with Crippen molar-refractivity contribution in [2.75, 3.05) is 13.1 Å². The lowest BCUT2D eigenvalue weighted by Crippen LogP contribution is -2.36. The van der Waals surface area contributed by atoms with Crippen LogP contribution in [0.25, 0.3) is 0 Å². The number of benzene rings is 2. The fourth-order valence-corrected chi connectivity index (χ4v) is 2.58. The fourth-order valence-electron chi connectivity index (χ4n) is 2.58. The lowest BCUT2D eigenvalue weighted by Gasteiger charge is -2.12. The van der Waals surface area contributed by atoms with Gasteiger partial charge in [0.15, 0.2) is 5.96 Å². The summed E-state index contributed by atoms with van der Waals surface area (Å²) in [5.41, 5.74) is 1.48. The summed E-state index contributed by atoms with van der Waals surface area (Å²) in [7, 11) is 0. The Morgan fingerprint density at radius 1 is 0.933 bits per heavy atom. The first kappa shape index (κ1) is 25.7. The van der Waals surface area contributed by atoms with Gasteiger partial charge in [-0.25, -0.2) is 4.99 Å². The number of amides is 1. The van der Waals surface area contributed by atoms with Gasteiger partial charge in [0.1, 0.15) is 0 Å². The molecule has 30 heavy (non-hydrogen) atoms. The number of aliphatic imine (C=N–C) groups is 1. The van der Waals surface area contributed by atoms with Crippen molar-refractivity contribution in [1.82, 2.24) is 16.0 Å². The van der Waals surface area contributed by atoms with Crippen LogP contribution in [0.3, 0.4) is 0 Å². The molecule has 2 aromatic rings. The number of guanidine groups is 1. The van der Waals surface area contributed by atoms with Gasteiger partial charge in [-0.15, -0.1) is 24.0 Å². The number of hydrogen-bond acceptors (Lipinski definition) is 2. The third kappa shape index (κ3) is 8.21. The Labute approximate surface area is 191 Å². The van der Waals surface area contributed by atoms with Gasteiger partial charge in [-0.2, -0.15) is 13.2 Å². The van der Waals surface area contributed by atoms with Crippen LogP contribution in [0.15, 0.2) is 53.5 Å². The van der Waals surface area contributed by atoms with Crippen LogP contribution in [0.2, 0.25) is 0 Å². The van der Waals surface area contributed by atoms with Crippen LogP contribution < -0.4 is 16.0 Å². The highest BCUT2D eigenvalue weighted by atomic mass is 127. The van der Waals surface area contributed by atoms with Crippen LogP contribution in [-0.4, -0.2) is 25.0 Å². The van der Waals surface area contributed by atoms with Crippen molar-refractivity contribution in [2.45, 2.75) is 33.1 Å². The molecule has 0 radical (unpaired) electrons. The predicted molar refractivity (Wildman–Crippen MR) is 123 cm³/mol. The quantitative estimate of drug-likeness (QED) is 0.282. The molecule has 1 amide bonds. The predicted octanol–water partition coefficient (Wildman–Crippen LogP) is 4.33. The SMILES string of the molecule is CCNC(=O)c1cccc(CN=C(NCC)NCc2ccc(C(F)(F)F)cc2)c1.I. The van der Waals surface area contributed by atoms with E-state index in [4.69, 9.17) is 0 Å². The van der Waals surface area contributed by atoms with Gasteiger partial charge in [-0.05, 0) is 49.2 Å². The zero-order valence-electron chi connectivity index (χ0n) is 16.8. The minimum atomic E-state index is -4.34. The zero-order valence-corrected chi connectivity index (χ0v) is 19.2. The monoisotopic (exact) mass is 534 g/mol. The fraction of sp³-hybridized carbons (Fsp3) is 0.333. The molecule has 0 bridgehead atoms. The summed E-state index contributed by atoms with van der Waals surface area (Å²) in [6, 6.07) is 12.2. The van der Waals surface area contributed by atoms with E-state index in [2.05, 4.69) is 20.9 Å². The summed E-state index contributed by atoms with van der Waals surface area (Å²) >= 11 is 0. The number of alkyl halides is 3. The molecule has 0 aromatic heterocycles. The van der Waals surface area contributed by atoms with Crippen molar-refractivity contribution in [3.8, 4) is 0 Å². The van der Waals surface area contributed by atoms with Crippen LogP contribution in [0.1, 0.15) is 40.9 Å². The average Bonchev–Trinajstić information content (AvgIpc) is 2.70. The third-order valence-electron chi connectivity index (χ3n) is 4.03. The summed E-state index contributed by atoms with van der Waals surface area (Å²) in [4.78, 5) is 16.4. The van der Waals surface area contributed by atoms with Gasteiger partial charge in [-0.1, -0.05) is 24.3 Å². The molecule has 5 nitrogen and oxygen atoms in total. The molecule has 0 heterocycles. The Morgan fingerprint density at radius 2 is 1.60 bits per heavy atom. The number of carbonyl (C=O) groups is 1. The van der Waals surface area contributed by atoms with Gasteiger partial charge in [0.2, 0.25) is 0 Å². The van der Waals surface area contributed by atoms with Gasteiger partial charge in [-0.3, -0.25) is 4.79 Å². The van der Waals surface area contributed by atoms with Gasteiger partial charge >= 0.3 is 6.18 Å². The molecule has 0 saturated carbocycles. The lowest BCUT2D eigenvalue weighted by atomic mass is 10.1. The molecule has 0 aliphatic heterocycles. The molecular formula is C21H26F3IN4O. The second-order valence-electron chi connectivity index (χ2n) is 6.30. The van der Waals surface area contributed by atoms with Crippen LogP contribution >= 0.6 is 24.0 Å². The van der Waals surface area contributed by atoms with E-state index in [9.17, 15) is 18.0 Å². The van der Waals surface area contributed by atoms with Gasteiger partial charge in [0.05, 0.1) is 12.1 Å². The normalized spacial score (nSPS) is 11.4. The number of halogens is 4. The van der Waals surface area contributed by atoms with Crippen molar-refractivity contribution < 1.29 is 18.0 Å². The van der Waals surface area contributed by atoms with Gasteiger partial charge in [0.25, 0.3) is 5.91 Å². The van der Waals surface area contributed by atoms with E-state index in [1.165, 1.54) is 12.1 Å². The number of carbonyl (C=O) groups excluding carboxylic acids is 1. The van der Waals surface area contributed by atoms with Crippen molar-refractivity contribution >= 4 is 35.8 Å². The van der Waals surface area contributed by atoms with E-state index < -0.39 is 11.7 Å². The molecule has 3 N–H and O–H groups in total. The molecule has 9 heteroatoms. The zero-order chi connectivity index (χ0) is 21.3. The van der Waals surface area contributed by atoms with Crippen LogP contribution in [0.4, 0.5) is 13.2 Å². The number of rotatable bonds is 7. The third-order valence-corrected chi connectivity index (χ3v) is 4.03. The van der Waals surface area contributed by atoms with E-state index in [1.807, 2.05) is 19.9 Å². The number of nitrogens with zero attached hydrogens (tertiary/aromatic N) is 1. The average molecular weight is 534 g/mol. The molecule has 0 saturated heterocycles. The van der Waals surface area contributed by atoms with Crippen molar-refractivity contribution in [1.29, 1.82) is 0 Å². The summed E-state index contributed by atoms with van der Waals surface area (Å²) < 4.78 is 37.9. The summed E-state index contributed by atoms with van der Waals surface area (Å²) in [6.45, 7) is 5.66. The summed E-state index contributed by atoms with van der Waals surface area (Å²) in [6.07, 6.45) is -4.34. The topological polar surface area (TPSA) is 65.5 Å². The number of hydrogen-bond donors (Lipinski definition) is 3. The molecule has 164 valence electrons. The highest BCUT2D eigenvalue weighted by Crippen LogP contribution is 2.29. The van der Waals surface area contributed by atoms with E-state index in [1.54, 1.807) is 18.2 Å². The Balaban J connectivity index is 0.00000450. The van der Waals surface area contributed by atoms with Gasteiger partial charge < -0.3 is 16.0 Å². The first-order valence-electron chi connectivity index (χ1n) is 9.39. The lowest BCUT2D eigenvalue weighted by molar-refractivity contribution is -0.137. The van der Waals surface area contributed by atoms with Crippen LogP contribution in [0.5, 0.6) is 0 Å². The second-order valence-corrected chi connectivity index (χ2v) is 6.30. The van der Waals surface area contributed by atoms with Crippen molar-refractivity contribution in [3.05, 3.63) is 70.8 Å².